The summed E-state index contributed by atoms with van der Waals surface area (Å²) < 4.78 is 7.49. The van der Waals surface area contributed by atoms with Crippen LogP contribution < -0.4 is 15.4 Å². The van der Waals surface area contributed by atoms with Gasteiger partial charge in [0, 0.05) is 25.4 Å². The fourth-order valence-corrected chi connectivity index (χ4v) is 2.19. The minimum absolute atomic E-state index is 0.566. The summed E-state index contributed by atoms with van der Waals surface area (Å²) in [7, 11) is 1.93. The minimum atomic E-state index is 0.566. The van der Waals surface area contributed by atoms with E-state index >= 15 is 0 Å². The molecule has 1 aromatic carbocycles. The van der Waals surface area contributed by atoms with Crippen molar-refractivity contribution in [3.8, 4) is 5.75 Å². The normalized spacial score (nSPS) is 11.3. The molecule has 2 aromatic rings. The van der Waals surface area contributed by atoms with Crippen molar-refractivity contribution in [2.45, 2.75) is 26.9 Å². The third-order valence-corrected chi connectivity index (χ3v) is 3.38. The van der Waals surface area contributed by atoms with Crippen molar-refractivity contribution in [1.82, 2.24) is 20.4 Å². The lowest BCUT2D eigenvalue weighted by Crippen LogP contribution is -2.37. The number of nitrogens with one attached hydrogen (secondary N) is 2. The monoisotopic (exact) mass is 315 g/mol. The Kier molecular flexibility index (Phi) is 6.47. The molecule has 124 valence electrons. The summed E-state index contributed by atoms with van der Waals surface area (Å²) in [5.74, 6) is 1.67. The highest BCUT2D eigenvalue weighted by molar-refractivity contribution is 5.79. The van der Waals surface area contributed by atoms with E-state index in [2.05, 4.69) is 27.6 Å². The molecule has 0 saturated carbocycles. The van der Waals surface area contributed by atoms with Gasteiger partial charge < -0.3 is 15.4 Å². The summed E-state index contributed by atoms with van der Waals surface area (Å²) in [6.45, 7) is 6.74. The van der Waals surface area contributed by atoms with Crippen LogP contribution in [0.4, 0.5) is 0 Å². The molecule has 0 bridgehead atoms. The number of aromatic nitrogens is 2. The van der Waals surface area contributed by atoms with E-state index in [9.17, 15) is 0 Å². The van der Waals surface area contributed by atoms with Crippen LogP contribution in [0.2, 0.25) is 0 Å². The van der Waals surface area contributed by atoms with Crippen LogP contribution in [0.1, 0.15) is 25.1 Å². The third-order valence-electron chi connectivity index (χ3n) is 3.38. The molecule has 0 saturated heterocycles. The first-order valence-corrected chi connectivity index (χ1v) is 7.94. The molecular weight excluding hydrogens is 290 g/mol. The fraction of sp³-hybridized carbons (Fsp3) is 0.412. The first kappa shape index (κ1) is 16.9. The molecule has 0 spiro atoms. The third kappa shape index (κ3) is 5.02. The molecule has 0 atom stereocenters. The van der Waals surface area contributed by atoms with Gasteiger partial charge in [-0.05, 0) is 26.0 Å². The maximum absolute atomic E-state index is 5.64. The van der Waals surface area contributed by atoms with E-state index in [4.69, 9.17) is 4.74 Å². The fourth-order valence-electron chi connectivity index (χ4n) is 2.19. The van der Waals surface area contributed by atoms with Gasteiger partial charge in [0.2, 0.25) is 0 Å². The van der Waals surface area contributed by atoms with Gasteiger partial charge in [0.15, 0.2) is 5.96 Å². The van der Waals surface area contributed by atoms with Gasteiger partial charge in [-0.2, -0.15) is 5.10 Å². The Morgan fingerprint density at radius 3 is 2.74 bits per heavy atom. The lowest BCUT2D eigenvalue weighted by Gasteiger charge is -2.12. The van der Waals surface area contributed by atoms with Crippen molar-refractivity contribution in [2.75, 3.05) is 13.2 Å². The van der Waals surface area contributed by atoms with Gasteiger partial charge in [-0.1, -0.05) is 18.2 Å². The van der Waals surface area contributed by atoms with Crippen LogP contribution in [0, 0.1) is 0 Å². The highest BCUT2D eigenvalue weighted by atomic mass is 16.5. The van der Waals surface area contributed by atoms with E-state index < -0.39 is 0 Å². The number of aliphatic imine (C=N–C) groups is 1. The highest BCUT2D eigenvalue weighted by Crippen LogP contribution is 2.18. The molecule has 0 amide bonds. The lowest BCUT2D eigenvalue weighted by atomic mass is 10.2. The van der Waals surface area contributed by atoms with Gasteiger partial charge in [-0.3, -0.25) is 4.68 Å². The molecule has 2 N–H and O–H groups in total. The largest absolute Gasteiger partial charge is 0.494 e. The van der Waals surface area contributed by atoms with E-state index in [0.717, 1.165) is 29.5 Å². The molecule has 0 unspecified atom stereocenters. The van der Waals surface area contributed by atoms with Crippen LogP contribution in [0.25, 0.3) is 0 Å². The minimum Gasteiger partial charge on any atom is -0.494 e. The van der Waals surface area contributed by atoms with E-state index in [1.807, 2.05) is 49.0 Å². The predicted molar refractivity (Wildman–Crippen MR) is 92.5 cm³/mol. The van der Waals surface area contributed by atoms with Crippen LogP contribution in [0.5, 0.6) is 5.75 Å². The lowest BCUT2D eigenvalue weighted by molar-refractivity contribution is 0.336. The number of benzene rings is 1. The maximum Gasteiger partial charge on any atom is 0.191 e. The Labute approximate surface area is 137 Å². The molecule has 0 radical (unpaired) electrons. The topological polar surface area (TPSA) is 63.5 Å². The van der Waals surface area contributed by atoms with Gasteiger partial charge in [-0.25, -0.2) is 4.99 Å². The summed E-state index contributed by atoms with van der Waals surface area (Å²) in [5.41, 5.74) is 2.18. The quantitative estimate of drug-likeness (QED) is 0.606. The molecule has 1 heterocycles. The van der Waals surface area contributed by atoms with Crippen molar-refractivity contribution >= 4 is 5.96 Å². The van der Waals surface area contributed by atoms with Gasteiger partial charge in [-0.15, -0.1) is 0 Å². The molecule has 0 fully saturated rings. The summed E-state index contributed by atoms with van der Waals surface area (Å²) in [4.78, 5) is 4.64. The number of rotatable bonds is 7. The molecule has 2 rings (SSSR count). The van der Waals surface area contributed by atoms with E-state index in [1.54, 1.807) is 6.20 Å². The second-order valence-electron chi connectivity index (χ2n) is 5.04. The van der Waals surface area contributed by atoms with Crippen LogP contribution >= 0.6 is 0 Å². The van der Waals surface area contributed by atoms with Crippen molar-refractivity contribution < 1.29 is 4.74 Å². The van der Waals surface area contributed by atoms with Crippen LogP contribution in [0.15, 0.2) is 41.5 Å². The zero-order valence-electron chi connectivity index (χ0n) is 14.0. The van der Waals surface area contributed by atoms with Gasteiger partial charge >= 0.3 is 0 Å². The molecule has 0 aliphatic rings. The zero-order valence-corrected chi connectivity index (χ0v) is 14.0. The first-order chi connectivity index (χ1) is 11.2. The number of ether oxygens (including phenoxy) is 1. The Morgan fingerprint density at radius 1 is 1.22 bits per heavy atom. The number of hydrogen-bond acceptors (Lipinski definition) is 3. The summed E-state index contributed by atoms with van der Waals surface area (Å²) in [5, 5.41) is 10.7. The zero-order chi connectivity index (χ0) is 16.5. The van der Waals surface area contributed by atoms with Crippen molar-refractivity contribution in [2.24, 2.45) is 12.0 Å². The average molecular weight is 315 g/mol. The predicted octanol–water partition coefficient (Wildman–Crippen LogP) is 2.07. The second-order valence-corrected chi connectivity index (χ2v) is 5.04. The summed E-state index contributed by atoms with van der Waals surface area (Å²) in [6.07, 6.45) is 1.79. The molecule has 0 aliphatic heterocycles. The molecule has 23 heavy (non-hydrogen) atoms. The van der Waals surface area contributed by atoms with Crippen LogP contribution in [-0.2, 0) is 20.1 Å². The molecule has 6 heteroatoms. The number of para-hydroxylation sites is 1. The Balaban J connectivity index is 2.02. The van der Waals surface area contributed by atoms with Crippen molar-refractivity contribution in [3.05, 3.63) is 47.8 Å². The molecule has 1 aromatic heterocycles. The second kappa shape index (κ2) is 8.82. The first-order valence-electron chi connectivity index (χ1n) is 7.94. The Morgan fingerprint density at radius 2 is 2.04 bits per heavy atom. The van der Waals surface area contributed by atoms with E-state index in [1.165, 1.54) is 0 Å². The molecular formula is C17H25N5O. The van der Waals surface area contributed by atoms with Gasteiger partial charge in [0.25, 0.3) is 0 Å². The number of nitrogens with zero attached hydrogens (tertiary/aromatic N) is 3. The standard InChI is InChI=1S/C17H25N5O/c1-4-18-17(20-13-15-10-11-21-22(15)3)19-12-14-8-6-7-9-16(14)23-5-2/h6-11H,4-5,12-13H2,1-3H3,(H2,18,19,20). The summed E-state index contributed by atoms with van der Waals surface area (Å²) in [6, 6.07) is 9.98. The SMILES string of the molecule is CCNC(=NCc1ccccc1OCC)NCc1ccnn1C. The highest BCUT2D eigenvalue weighted by Gasteiger charge is 2.04. The Hall–Kier alpha value is -2.50. The van der Waals surface area contributed by atoms with Crippen LogP contribution in [0.3, 0.4) is 0 Å². The number of guanidine groups is 1. The summed E-state index contributed by atoms with van der Waals surface area (Å²) >= 11 is 0. The number of aryl methyl sites for hydroxylation is 1. The van der Waals surface area contributed by atoms with Gasteiger partial charge in [0.05, 0.1) is 25.4 Å². The van der Waals surface area contributed by atoms with Crippen molar-refractivity contribution in [3.63, 3.8) is 0 Å². The van der Waals surface area contributed by atoms with E-state index in [-0.39, 0.29) is 0 Å². The molecule has 0 aliphatic carbocycles. The van der Waals surface area contributed by atoms with E-state index in [0.29, 0.717) is 19.7 Å². The van der Waals surface area contributed by atoms with Crippen LogP contribution in [-0.4, -0.2) is 28.9 Å². The number of hydrogen-bond donors (Lipinski definition) is 2. The molecule has 6 nitrogen and oxygen atoms in total. The average Bonchev–Trinajstić information content (AvgIpc) is 2.97. The maximum atomic E-state index is 5.64. The Bertz CT molecular complexity index is 635. The van der Waals surface area contributed by atoms with Gasteiger partial charge in [0.1, 0.15) is 5.75 Å². The van der Waals surface area contributed by atoms with Crippen molar-refractivity contribution in [1.29, 1.82) is 0 Å². The smallest absolute Gasteiger partial charge is 0.191 e.